The molecule has 200 valence electrons. The quantitative estimate of drug-likeness (QED) is 0.375. The van der Waals surface area contributed by atoms with Crippen molar-refractivity contribution < 1.29 is 27.9 Å². The summed E-state index contributed by atoms with van der Waals surface area (Å²) in [6.45, 7) is 1.78. The van der Waals surface area contributed by atoms with Gasteiger partial charge in [-0.15, -0.1) is 0 Å². The van der Waals surface area contributed by atoms with Crippen molar-refractivity contribution in [3.8, 4) is 0 Å². The number of aromatic nitrogens is 1. The highest BCUT2D eigenvalue weighted by Crippen LogP contribution is 2.45. The minimum Gasteiger partial charge on any atom is -0.481 e. The van der Waals surface area contributed by atoms with Gasteiger partial charge >= 0.3 is 5.97 Å². The van der Waals surface area contributed by atoms with E-state index >= 15 is 0 Å². The van der Waals surface area contributed by atoms with Crippen molar-refractivity contribution in [1.29, 1.82) is 0 Å². The van der Waals surface area contributed by atoms with Gasteiger partial charge in [0.25, 0.3) is 5.91 Å². The van der Waals surface area contributed by atoms with Crippen LogP contribution in [0.25, 0.3) is 0 Å². The number of carbonyl (C=O) groups excluding carboxylic acids is 1. The van der Waals surface area contributed by atoms with E-state index in [0.717, 1.165) is 0 Å². The van der Waals surface area contributed by atoms with Gasteiger partial charge in [0.2, 0.25) is 0 Å². The second kappa shape index (κ2) is 11.8. The molecule has 1 amide bonds. The number of morpholine rings is 1. The number of ether oxygens (including phenoxy) is 1. The summed E-state index contributed by atoms with van der Waals surface area (Å²) in [5.41, 5.74) is 1.27. The van der Waals surface area contributed by atoms with Crippen molar-refractivity contribution in [3.63, 3.8) is 0 Å². The van der Waals surface area contributed by atoms with Gasteiger partial charge in [-0.25, -0.2) is 13.4 Å². The number of amides is 1. The van der Waals surface area contributed by atoms with Gasteiger partial charge in [-0.1, -0.05) is 60.5 Å². The first-order chi connectivity index (χ1) is 18.1. The van der Waals surface area contributed by atoms with E-state index in [1.807, 2.05) is 0 Å². The Morgan fingerprint density at radius 3 is 2.39 bits per heavy atom. The number of benzene rings is 2. The number of aliphatic carboxylic acids is 1. The van der Waals surface area contributed by atoms with Crippen molar-refractivity contribution in [2.24, 2.45) is 0 Å². The molecule has 3 aromatic rings. The van der Waals surface area contributed by atoms with E-state index in [1.54, 1.807) is 67.6 Å². The highest BCUT2D eigenvalue weighted by atomic mass is 35.5. The summed E-state index contributed by atoms with van der Waals surface area (Å²) in [7, 11) is -3.89. The van der Waals surface area contributed by atoms with Crippen LogP contribution in [0.4, 0.5) is 0 Å². The molecular formula is C27H26Cl2N2O6S. The summed E-state index contributed by atoms with van der Waals surface area (Å²) in [5.74, 6) is -2.22. The molecule has 1 fully saturated rings. The van der Waals surface area contributed by atoms with Crippen molar-refractivity contribution in [3.05, 3.63) is 94.1 Å². The third-order valence-electron chi connectivity index (χ3n) is 6.41. The maximum atomic E-state index is 13.9. The topological polar surface area (TPSA) is 114 Å². The van der Waals surface area contributed by atoms with Crippen LogP contribution < -0.4 is 0 Å². The van der Waals surface area contributed by atoms with Gasteiger partial charge in [-0.2, -0.15) is 0 Å². The molecule has 2 aromatic carbocycles. The van der Waals surface area contributed by atoms with Gasteiger partial charge in [0.1, 0.15) is 12.2 Å². The molecule has 0 spiro atoms. The van der Waals surface area contributed by atoms with Crippen LogP contribution >= 0.6 is 23.2 Å². The molecule has 4 atom stereocenters. The average molecular weight is 577 g/mol. The van der Waals surface area contributed by atoms with Crippen molar-refractivity contribution in [1.82, 2.24) is 9.88 Å². The van der Waals surface area contributed by atoms with Gasteiger partial charge in [0.15, 0.2) is 14.9 Å². The highest BCUT2D eigenvalue weighted by molar-refractivity contribution is 7.91. The van der Waals surface area contributed by atoms with Gasteiger partial charge in [0, 0.05) is 22.3 Å². The van der Waals surface area contributed by atoms with Crippen LogP contribution in [0, 0.1) is 0 Å². The number of nitrogens with zero attached hydrogens (tertiary/aromatic N) is 2. The minimum absolute atomic E-state index is 0.101. The van der Waals surface area contributed by atoms with Gasteiger partial charge in [0.05, 0.1) is 18.2 Å². The molecule has 8 nitrogen and oxygen atoms in total. The molecule has 1 aliphatic rings. The Morgan fingerprint density at radius 2 is 1.79 bits per heavy atom. The second-order valence-electron chi connectivity index (χ2n) is 8.95. The summed E-state index contributed by atoms with van der Waals surface area (Å²) < 4.78 is 32.8. The average Bonchev–Trinajstić information content (AvgIpc) is 2.89. The summed E-state index contributed by atoms with van der Waals surface area (Å²) in [5, 5.41) is 10.3. The molecule has 0 bridgehead atoms. The number of rotatable bonds is 9. The molecule has 1 saturated heterocycles. The number of hydrogen-bond donors (Lipinski definition) is 1. The number of carboxylic acids is 1. The lowest BCUT2D eigenvalue weighted by molar-refractivity contribution is -0.182. The van der Waals surface area contributed by atoms with Crippen molar-refractivity contribution in [2.45, 2.75) is 49.1 Å². The van der Waals surface area contributed by atoms with Crippen LogP contribution in [-0.2, 0) is 24.2 Å². The number of pyridine rings is 1. The zero-order chi connectivity index (χ0) is 27.4. The minimum atomic E-state index is -3.89. The van der Waals surface area contributed by atoms with Crippen LogP contribution in [0.2, 0.25) is 10.0 Å². The lowest BCUT2D eigenvalue weighted by atomic mass is 9.89. The largest absolute Gasteiger partial charge is 0.481 e. The molecule has 11 heteroatoms. The van der Waals surface area contributed by atoms with E-state index in [0.29, 0.717) is 21.2 Å². The second-order valence-corrected chi connectivity index (χ2v) is 11.8. The standard InChI is InChI=1S/C27H26Cl2N2O6S/c1-2-21(16-38(35,36)23-8-3-4-13-30-23)31-25(17-9-11-19(28)12-10-17)26(18-6-5-7-20(29)14-18)37-22(27(31)34)15-24(32)33/h3-14,21-22,25-26H,2,15-16H2,1H3,(H,32,33)/t21?,22-,25-,26-/m1/s1. The monoisotopic (exact) mass is 576 g/mol. The van der Waals surface area contributed by atoms with E-state index in [4.69, 9.17) is 27.9 Å². The smallest absolute Gasteiger partial charge is 0.306 e. The third-order valence-corrected chi connectivity index (χ3v) is 8.60. The van der Waals surface area contributed by atoms with E-state index < -0.39 is 58.2 Å². The van der Waals surface area contributed by atoms with Gasteiger partial charge < -0.3 is 14.7 Å². The Kier molecular flexibility index (Phi) is 8.72. The van der Waals surface area contributed by atoms with Crippen LogP contribution in [0.1, 0.15) is 43.0 Å². The zero-order valence-electron chi connectivity index (χ0n) is 20.4. The molecule has 1 aromatic heterocycles. The van der Waals surface area contributed by atoms with Crippen LogP contribution in [0.15, 0.2) is 78.0 Å². The van der Waals surface area contributed by atoms with Gasteiger partial charge in [-0.3, -0.25) is 9.59 Å². The van der Waals surface area contributed by atoms with E-state index in [1.165, 1.54) is 17.2 Å². The number of sulfone groups is 1. The molecule has 38 heavy (non-hydrogen) atoms. The summed E-state index contributed by atoms with van der Waals surface area (Å²) in [6.07, 6.45) is -1.06. The molecule has 0 aliphatic carbocycles. The fraction of sp³-hybridized carbons (Fsp3) is 0.296. The molecule has 2 heterocycles. The molecule has 4 rings (SSSR count). The predicted octanol–water partition coefficient (Wildman–Crippen LogP) is 5.13. The third kappa shape index (κ3) is 6.18. The summed E-state index contributed by atoms with van der Waals surface area (Å²) in [6, 6.07) is 16.7. The Hall–Kier alpha value is -2.98. The maximum Gasteiger partial charge on any atom is 0.306 e. The Bertz CT molecular complexity index is 1400. The van der Waals surface area contributed by atoms with Gasteiger partial charge in [-0.05, 0) is 53.9 Å². The highest BCUT2D eigenvalue weighted by Gasteiger charge is 2.48. The number of carboxylic acid groups (broad SMARTS) is 1. The molecule has 0 radical (unpaired) electrons. The summed E-state index contributed by atoms with van der Waals surface area (Å²) >= 11 is 12.4. The first-order valence-electron chi connectivity index (χ1n) is 11.9. The molecule has 1 N–H and O–H groups in total. The maximum absolute atomic E-state index is 13.9. The lowest BCUT2D eigenvalue weighted by Gasteiger charge is -2.48. The summed E-state index contributed by atoms with van der Waals surface area (Å²) in [4.78, 5) is 31.0. The number of carbonyl (C=O) groups is 2. The van der Waals surface area contributed by atoms with Crippen LogP contribution in [-0.4, -0.2) is 53.2 Å². The fourth-order valence-electron chi connectivity index (χ4n) is 4.66. The Labute approximate surface area is 231 Å². The molecule has 1 unspecified atom stereocenters. The van der Waals surface area contributed by atoms with E-state index in [-0.39, 0.29) is 11.4 Å². The zero-order valence-corrected chi connectivity index (χ0v) is 22.7. The molecule has 0 saturated carbocycles. The number of halogens is 2. The predicted molar refractivity (Wildman–Crippen MR) is 143 cm³/mol. The van der Waals surface area contributed by atoms with Crippen molar-refractivity contribution in [2.75, 3.05) is 5.75 Å². The normalized spacial score (nSPS) is 20.8. The van der Waals surface area contributed by atoms with E-state index in [9.17, 15) is 23.1 Å². The Balaban J connectivity index is 1.86. The van der Waals surface area contributed by atoms with Crippen molar-refractivity contribution >= 4 is 44.9 Å². The first-order valence-corrected chi connectivity index (χ1v) is 14.4. The SMILES string of the molecule is CCC(CS(=O)(=O)c1ccccn1)N1C(=O)[C@@H](CC(=O)O)O[C@H](c2cccc(Cl)c2)[C@H]1c1ccc(Cl)cc1. The fourth-order valence-corrected chi connectivity index (χ4v) is 6.57. The lowest BCUT2D eigenvalue weighted by Crippen LogP contribution is -2.56. The Morgan fingerprint density at radius 1 is 1.05 bits per heavy atom. The molecule has 1 aliphatic heterocycles. The molecular weight excluding hydrogens is 551 g/mol. The number of hydrogen-bond acceptors (Lipinski definition) is 6. The van der Waals surface area contributed by atoms with Crippen LogP contribution in [0.5, 0.6) is 0 Å². The van der Waals surface area contributed by atoms with E-state index in [2.05, 4.69) is 4.98 Å². The first kappa shape index (κ1) is 28.0. The van der Waals surface area contributed by atoms with Crippen LogP contribution in [0.3, 0.4) is 0 Å².